The van der Waals surface area contributed by atoms with Gasteiger partial charge >= 0.3 is 0 Å². The molecular formula is C13H21N3O. The number of rotatable bonds is 4. The number of hydrogen-bond donors (Lipinski definition) is 1. The number of likely N-dealkylation sites (tertiary alicyclic amines) is 1. The third-order valence-corrected chi connectivity index (χ3v) is 3.41. The number of nitrogens with two attached hydrogens (primary N) is 1. The van der Waals surface area contributed by atoms with E-state index in [9.17, 15) is 0 Å². The minimum Gasteiger partial charge on any atom is -0.481 e. The molecule has 0 atom stereocenters. The van der Waals surface area contributed by atoms with E-state index in [1.807, 2.05) is 12.1 Å². The van der Waals surface area contributed by atoms with Gasteiger partial charge in [-0.2, -0.15) is 0 Å². The molecule has 0 spiro atoms. The van der Waals surface area contributed by atoms with Gasteiger partial charge in [-0.25, -0.2) is 4.98 Å². The molecule has 2 rings (SSSR count). The number of methoxy groups -OCH3 is 1. The van der Waals surface area contributed by atoms with Crippen LogP contribution in [-0.4, -0.2) is 43.2 Å². The van der Waals surface area contributed by atoms with Gasteiger partial charge in [0.05, 0.1) is 7.11 Å². The van der Waals surface area contributed by atoms with Crippen molar-refractivity contribution in [3.8, 4) is 5.88 Å². The normalized spacial score (nSPS) is 18.2. The third-order valence-electron chi connectivity index (χ3n) is 3.41. The van der Waals surface area contributed by atoms with Crippen molar-refractivity contribution < 1.29 is 4.74 Å². The number of nitrogens with zero attached hydrogens (tertiary/aromatic N) is 2. The molecule has 94 valence electrons. The summed E-state index contributed by atoms with van der Waals surface area (Å²) in [5.41, 5.74) is 6.74. The SMILES string of the molecule is COc1cccc(C2CCN(CCN)CC2)n1. The molecule has 4 heteroatoms. The summed E-state index contributed by atoms with van der Waals surface area (Å²) in [6.45, 7) is 4.02. The van der Waals surface area contributed by atoms with Gasteiger partial charge in [-0.05, 0) is 32.0 Å². The van der Waals surface area contributed by atoms with Crippen LogP contribution in [0.2, 0.25) is 0 Å². The molecule has 0 aromatic carbocycles. The molecule has 1 saturated heterocycles. The van der Waals surface area contributed by atoms with E-state index >= 15 is 0 Å². The summed E-state index contributed by atoms with van der Waals surface area (Å²) in [6, 6.07) is 6.02. The van der Waals surface area contributed by atoms with Crippen molar-refractivity contribution in [1.29, 1.82) is 0 Å². The Morgan fingerprint density at radius 2 is 2.18 bits per heavy atom. The highest BCUT2D eigenvalue weighted by Crippen LogP contribution is 2.27. The largest absolute Gasteiger partial charge is 0.481 e. The van der Waals surface area contributed by atoms with Crippen molar-refractivity contribution in [3.63, 3.8) is 0 Å². The van der Waals surface area contributed by atoms with E-state index in [-0.39, 0.29) is 0 Å². The molecule has 0 amide bonds. The van der Waals surface area contributed by atoms with Crippen molar-refractivity contribution in [2.75, 3.05) is 33.3 Å². The minimum atomic E-state index is 0.569. The molecule has 1 aromatic heterocycles. The van der Waals surface area contributed by atoms with Gasteiger partial charge in [0.15, 0.2) is 0 Å². The highest BCUT2D eigenvalue weighted by Gasteiger charge is 2.21. The van der Waals surface area contributed by atoms with Crippen LogP contribution in [0, 0.1) is 0 Å². The number of ether oxygens (including phenoxy) is 1. The Bertz CT molecular complexity index is 348. The maximum absolute atomic E-state index is 5.57. The molecule has 17 heavy (non-hydrogen) atoms. The van der Waals surface area contributed by atoms with Gasteiger partial charge < -0.3 is 15.4 Å². The van der Waals surface area contributed by atoms with E-state index in [0.717, 1.165) is 31.9 Å². The van der Waals surface area contributed by atoms with Crippen LogP contribution in [-0.2, 0) is 0 Å². The Kier molecular flexibility index (Phi) is 4.34. The van der Waals surface area contributed by atoms with E-state index in [1.54, 1.807) is 7.11 Å². The Morgan fingerprint density at radius 3 is 2.82 bits per heavy atom. The van der Waals surface area contributed by atoms with Crippen molar-refractivity contribution >= 4 is 0 Å². The molecule has 0 unspecified atom stereocenters. The van der Waals surface area contributed by atoms with E-state index in [1.165, 1.54) is 12.8 Å². The molecule has 1 aliphatic rings. The Morgan fingerprint density at radius 1 is 1.41 bits per heavy atom. The second kappa shape index (κ2) is 5.98. The van der Waals surface area contributed by atoms with Gasteiger partial charge in [0.25, 0.3) is 0 Å². The van der Waals surface area contributed by atoms with Crippen LogP contribution in [0.5, 0.6) is 5.88 Å². The molecule has 0 saturated carbocycles. The molecule has 2 heterocycles. The summed E-state index contributed by atoms with van der Waals surface area (Å²) in [5.74, 6) is 1.28. The van der Waals surface area contributed by atoms with Gasteiger partial charge in [0, 0.05) is 30.8 Å². The summed E-state index contributed by atoms with van der Waals surface area (Å²) in [5, 5.41) is 0. The molecular weight excluding hydrogens is 214 g/mol. The molecule has 4 nitrogen and oxygen atoms in total. The Labute approximate surface area is 103 Å². The van der Waals surface area contributed by atoms with Gasteiger partial charge in [-0.15, -0.1) is 0 Å². The highest BCUT2D eigenvalue weighted by atomic mass is 16.5. The van der Waals surface area contributed by atoms with Crippen LogP contribution in [0.1, 0.15) is 24.5 Å². The minimum absolute atomic E-state index is 0.569. The fourth-order valence-corrected chi connectivity index (χ4v) is 2.41. The Hall–Kier alpha value is -1.13. The lowest BCUT2D eigenvalue weighted by atomic mass is 9.93. The summed E-state index contributed by atoms with van der Waals surface area (Å²) in [6.07, 6.45) is 2.33. The monoisotopic (exact) mass is 235 g/mol. The van der Waals surface area contributed by atoms with E-state index in [2.05, 4.69) is 16.0 Å². The number of piperidine rings is 1. The predicted octanol–water partition coefficient (Wildman–Crippen LogP) is 1.23. The fourth-order valence-electron chi connectivity index (χ4n) is 2.41. The van der Waals surface area contributed by atoms with E-state index in [4.69, 9.17) is 10.5 Å². The first kappa shape index (κ1) is 12.3. The maximum atomic E-state index is 5.57. The molecule has 1 aliphatic heterocycles. The number of aromatic nitrogens is 1. The molecule has 1 fully saturated rings. The van der Waals surface area contributed by atoms with Crippen molar-refractivity contribution in [2.24, 2.45) is 5.73 Å². The second-order valence-corrected chi connectivity index (χ2v) is 4.51. The van der Waals surface area contributed by atoms with E-state index < -0.39 is 0 Å². The summed E-state index contributed by atoms with van der Waals surface area (Å²) >= 11 is 0. The standard InChI is InChI=1S/C13H21N3O/c1-17-13-4-2-3-12(15-13)11-5-8-16(9-6-11)10-7-14/h2-4,11H,5-10,14H2,1H3. The maximum Gasteiger partial charge on any atom is 0.213 e. The molecule has 0 aliphatic carbocycles. The quantitative estimate of drug-likeness (QED) is 0.852. The number of hydrogen-bond acceptors (Lipinski definition) is 4. The smallest absolute Gasteiger partial charge is 0.213 e. The first-order chi connectivity index (χ1) is 8.33. The van der Waals surface area contributed by atoms with Gasteiger partial charge in [0.1, 0.15) is 0 Å². The first-order valence-electron chi connectivity index (χ1n) is 6.27. The summed E-state index contributed by atoms with van der Waals surface area (Å²) < 4.78 is 5.17. The third kappa shape index (κ3) is 3.17. The average molecular weight is 235 g/mol. The van der Waals surface area contributed by atoms with Gasteiger partial charge in [-0.3, -0.25) is 0 Å². The topological polar surface area (TPSA) is 51.4 Å². The van der Waals surface area contributed by atoms with Crippen LogP contribution in [0.3, 0.4) is 0 Å². The van der Waals surface area contributed by atoms with Crippen LogP contribution in [0.4, 0.5) is 0 Å². The fraction of sp³-hybridized carbons (Fsp3) is 0.615. The highest BCUT2D eigenvalue weighted by molar-refractivity contribution is 5.19. The van der Waals surface area contributed by atoms with Crippen LogP contribution < -0.4 is 10.5 Å². The van der Waals surface area contributed by atoms with Crippen molar-refractivity contribution in [1.82, 2.24) is 9.88 Å². The number of pyridine rings is 1. The second-order valence-electron chi connectivity index (χ2n) is 4.51. The zero-order chi connectivity index (χ0) is 12.1. The average Bonchev–Trinajstić information content (AvgIpc) is 2.40. The van der Waals surface area contributed by atoms with Gasteiger partial charge in [0.2, 0.25) is 5.88 Å². The van der Waals surface area contributed by atoms with Crippen molar-refractivity contribution in [2.45, 2.75) is 18.8 Å². The van der Waals surface area contributed by atoms with Gasteiger partial charge in [-0.1, -0.05) is 6.07 Å². The molecule has 0 bridgehead atoms. The molecule has 0 radical (unpaired) electrons. The lowest BCUT2D eigenvalue weighted by molar-refractivity contribution is 0.216. The predicted molar refractivity (Wildman–Crippen MR) is 68.3 cm³/mol. The van der Waals surface area contributed by atoms with Crippen LogP contribution >= 0.6 is 0 Å². The first-order valence-corrected chi connectivity index (χ1v) is 6.27. The Balaban J connectivity index is 1.95. The summed E-state index contributed by atoms with van der Waals surface area (Å²) in [4.78, 5) is 6.95. The zero-order valence-corrected chi connectivity index (χ0v) is 10.4. The molecule has 2 N–H and O–H groups in total. The van der Waals surface area contributed by atoms with Crippen LogP contribution in [0.15, 0.2) is 18.2 Å². The zero-order valence-electron chi connectivity index (χ0n) is 10.4. The summed E-state index contributed by atoms with van der Waals surface area (Å²) in [7, 11) is 1.66. The van der Waals surface area contributed by atoms with E-state index in [0.29, 0.717) is 11.8 Å². The van der Waals surface area contributed by atoms with Crippen molar-refractivity contribution in [3.05, 3.63) is 23.9 Å². The molecule has 1 aromatic rings. The lowest BCUT2D eigenvalue weighted by Gasteiger charge is -2.31. The lowest BCUT2D eigenvalue weighted by Crippen LogP contribution is -2.36. The van der Waals surface area contributed by atoms with Crippen LogP contribution in [0.25, 0.3) is 0 Å².